The lowest BCUT2D eigenvalue weighted by Crippen LogP contribution is -2.12. The van der Waals surface area contributed by atoms with Gasteiger partial charge < -0.3 is 20.9 Å². The molecule has 0 saturated heterocycles. The first-order valence-electron chi connectivity index (χ1n) is 5.74. The van der Waals surface area contributed by atoms with E-state index in [0.717, 1.165) is 0 Å². The molecule has 0 fully saturated rings. The Morgan fingerprint density at radius 3 is 2.70 bits per heavy atom. The monoisotopic (exact) mass is 292 g/mol. The lowest BCUT2D eigenvalue weighted by atomic mass is 10.1. The van der Waals surface area contributed by atoms with Crippen molar-refractivity contribution >= 4 is 28.9 Å². The number of phenols is 1. The van der Waals surface area contributed by atoms with E-state index in [-0.39, 0.29) is 17.0 Å². The Morgan fingerprint density at radius 2 is 2.05 bits per heavy atom. The van der Waals surface area contributed by atoms with E-state index in [0.29, 0.717) is 16.5 Å². The zero-order valence-electron chi connectivity index (χ0n) is 10.7. The average Bonchev–Trinajstić information content (AvgIpc) is 2.44. The summed E-state index contributed by atoms with van der Waals surface area (Å²) in [6.07, 6.45) is 0. The van der Waals surface area contributed by atoms with Crippen LogP contribution in [0.25, 0.3) is 0 Å². The number of amides is 1. The molecular weight excluding hydrogens is 280 g/mol. The maximum Gasteiger partial charge on any atom is 0.255 e. The molecule has 0 atom stereocenters. The highest BCUT2D eigenvalue weighted by Crippen LogP contribution is 2.28. The quantitative estimate of drug-likeness (QED) is 0.600. The highest BCUT2D eigenvalue weighted by atomic mass is 35.5. The maximum absolute atomic E-state index is 12.1. The van der Waals surface area contributed by atoms with Gasteiger partial charge in [-0.2, -0.15) is 0 Å². The second-order valence-electron chi connectivity index (χ2n) is 4.07. The molecule has 0 spiro atoms. The number of hydrogen-bond acceptors (Lipinski definition) is 4. The molecule has 6 heteroatoms. The number of nitrogens with two attached hydrogens (primary N) is 1. The van der Waals surface area contributed by atoms with Crippen LogP contribution >= 0.6 is 11.6 Å². The fraction of sp³-hybridized carbons (Fsp3) is 0.0714. The summed E-state index contributed by atoms with van der Waals surface area (Å²) in [5.74, 6) is 0.0229. The zero-order valence-corrected chi connectivity index (χ0v) is 11.4. The molecule has 0 aromatic heterocycles. The van der Waals surface area contributed by atoms with Gasteiger partial charge in [-0.1, -0.05) is 11.6 Å². The SMILES string of the molecule is COc1ccc(Cl)c(NC(=O)c2ccc(N)c(O)c2)c1. The third kappa shape index (κ3) is 2.95. The third-order valence-corrected chi connectivity index (χ3v) is 3.04. The molecule has 0 saturated carbocycles. The smallest absolute Gasteiger partial charge is 0.255 e. The number of aromatic hydroxyl groups is 1. The predicted molar refractivity (Wildman–Crippen MR) is 78.5 cm³/mol. The van der Waals surface area contributed by atoms with Gasteiger partial charge in [0, 0.05) is 11.6 Å². The van der Waals surface area contributed by atoms with Crippen molar-refractivity contribution in [1.82, 2.24) is 0 Å². The number of methoxy groups -OCH3 is 1. The molecule has 0 unspecified atom stereocenters. The van der Waals surface area contributed by atoms with Crippen molar-refractivity contribution in [3.63, 3.8) is 0 Å². The van der Waals surface area contributed by atoms with E-state index in [1.165, 1.54) is 25.3 Å². The van der Waals surface area contributed by atoms with Crippen LogP contribution in [-0.2, 0) is 0 Å². The first kappa shape index (κ1) is 14.0. The van der Waals surface area contributed by atoms with Crippen LogP contribution in [-0.4, -0.2) is 18.1 Å². The Hall–Kier alpha value is -2.40. The number of halogens is 1. The van der Waals surface area contributed by atoms with E-state index in [1.807, 2.05) is 0 Å². The first-order chi connectivity index (χ1) is 9.51. The van der Waals surface area contributed by atoms with Crippen molar-refractivity contribution in [1.29, 1.82) is 0 Å². The van der Waals surface area contributed by atoms with E-state index < -0.39 is 5.91 Å². The fourth-order valence-corrected chi connectivity index (χ4v) is 1.77. The standard InChI is InChI=1S/C14H13ClN2O3/c1-20-9-3-4-10(15)12(7-9)17-14(19)8-2-5-11(16)13(18)6-8/h2-7,18H,16H2,1H3,(H,17,19). The van der Waals surface area contributed by atoms with Gasteiger partial charge in [-0.25, -0.2) is 0 Å². The summed E-state index contributed by atoms with van der Waals surface area (Å²) in [4.78, 5) is 12.1. The maximum atomic E-state index is 12.1. The van der Waals surface area contributed by atoms with Gasteiger partial charge in [-0.05, 0) is 30.3 Å². The lowest BCUT2D eigenvalue weighted by Gasteiger charge is -2.09. The van der Waals surface area contributed by atoms with Crippen molar-refractivity contribution in [2.75, 3.05) is 18.2 Å². The van der Waals surface area contributed by atoms with Crippen LogP contribution in [0.3, 0.4) is 0 Å². The van der Waals surface area contributed by atoms with Crippen molar-refractivity contribution in [3.8, 4) is 11.5 Å². The topological polar surface area (TPSA) is 84.6 Å². The number of ether oxygens (including phenoxy) is 1. The van der Waals surface area contributed by atoms with E-state index >= 15 is 0 Å². The average molecular weight is 293 g/mol. The summed E-state index contributed by atoms with van der Waals surface area (Å²) in [6.45, 7) is 0. The van der Waals surface area contributed by atoms with Gasteiger partial charge in [-0.3, -0.25) is 4.79 Å². The summed E-state index contributed by atoms with van der Waals surface area (Å²) >= 11 is 6.00. The molecule has 0 bridgehead atoms. The minimum Gasteiger partial charge on any atom is -0.506 e. The van der Waals surface area contributed by atoms with Gasteiger partial charge in [-0.15, -0.1) is 0 Å². The summed E-state index contributed by atoms with van der Waals surface area (Å²) in [7, 11) is 1.52. The van der Waals surface area contributed by atoms with E-state index in [4.69, 9.17) is 22.1 Å². The van der Waals surface area contributed by atoms with Crippen LogP contribution in [0.1, 0.15) is 10.4 Å². The summed E-state index contributed by atoms with van der Waals surface area (Å²) in [5, 5.41) is 12.5. The van der Waals surface area contributed by atoms with Crippen molar-refractivity contribution in [3.05, 3.63) is 47.0 Å². The second-order valence-corrected chi connectivity index (χ2v) is 4.48. The molecule has 0 aliphatic heterocycles. The number of nitrogen functional groups attached to an aromatic ring is 1. The third-order valence-electron chi connectivity index (χ3n) is 2.71. The number of hydrogen-bond donors (Lipinski definition) is 3. The van der Waals surface area contributed by atoms with Gasteiger partial charge in [0.05, 0.1) is 23.5 Å². The number of carbonyl (C=O) groups excluding carboxylic acids is 1. The van der Waals surface area contributed by atoms with Crippen LogP contribution in [0.5, 0.6) is 11.5 Å². The largest absolute Gasteiger partial charge is 0.506 e. The molecule has 1 amide bonds. The molecule has 0 aliphatic rings. The minimum absolute atomic E-state index is 0.144. The van der Waals surface area contributed by atoms with Crippen LogP contribution in [0, 0.1) is 0 Å². The van der Waals surface area contributed by atoms with Gasteiger partial charge in [0.15, 0.2) is 0 Å². The Labute approximate surface area is 120 Å². The van der Waals surface area contributed by atoms with Crippen LogP contribution in [0.4, 0.5) is 11.4 Å². The molecule has 0 aliphatic carbocycles. The fourth-order valence-electron chi connectivity index (χ4n) is 1.61. The molecule has 0 radical (unpaired) electrons. The second kappa shape index (κ2) is 5.71. The molecule has 20 heavy (non-hydrogen) atoms. The molecule has 2 rings (SSSR count). The van der Waals surface area contributed by atoms with Crippen molar-refractivity contribution < 1.29 is 14.6 Å². The van der Waals surface area contributed by atoms with E-state index in [2.05, 4.69) is 5.32 Å². The normalized spacial score (nSPS) is 10.1. The molecule has 4 N–H and O–H groups in total. The number of rotatable bonds is 3. The zero-order chi connectivity index (χ0) is 14.7. The van der Waals surface area contributed by atoms with Crippen LogP contribution < -0.4 is 15.8 Å². The highest BCUT2D eigenvalue weighted by molar-refractivity contribution is 6.34. The molecule has 5 nitrogen and oxygen atoms in total. The van der Waals surface area contributed by atoms with E-state index in [9.17, 15) is 9.90 Å². The number of carbonyl (C=O) groups is 1. The first-order valence-corrected chi connectivity index (χ1v) is 6.12. The summed E-state index contributed by atoms with van der Waals surface area (Å²) in [6, 6.07) is 9.18. The molecule has 2 aromatic rings. The van der Waals surface area contributed by atoms with Gasteiger partial charge in [0.2, 0.25) is 0 Å². The van der Waals surface area contributed by atoms with Crippen molar-refractivity contribution in [2.24, 2.45) is 0 Å². The minimum atomic E-state index is -0.407. The molecule has 0 heterocycles. The van der Waals surface area contributed by atoms with Gasteiger partial charge >= 0.3 is 0 Å². The number of benzene rings is 2. The van der Waals surface area contributed by atoms with Crippen molar-refractivity contribution in [2.45, 2.75) is 0 Å². The Morgan fingerprint density at radius 1 is 1.30 bits per heavy atom. The summed E-state index contributed by atoms with van der Waals surface area (Å²) < 4.78 is 5.07. The van der Waals surface area contributed by atoms with E-state index in [1.54, 1.807) is 18.2 Å². The Kier molecular flexibility index (Phi) is 4.00. The Bertz CT molecular complexity index is 659. The Balaban J connectivity index is 2.25. The highest BCUT2D eigenvalue weighted by Gasteiger charge is 2.11. The van der Waals surface area contributed by atoms with Gasteiger partial charge in [0.1, 0.15) is 11.5 Å². The number of phenolic OH excluding ortho intramolecular Hbond substituents is 1. The number of nitrogens with one attached hydrogen (secondary N) is 1. The number of anilines is 2. The molecular formula is C14H13ClN2O3. The van der Waals surface area contributed by atoms with Crippen LogP contribution in [0.15, 0.2) is 36.4 Å². The molecule has 104 valence electrons. The predicted octanol–water partition coefficient (Wildman–Crippen LogP) is 2.89. The molecule has 2 aromatic carbocycles. The summed E-state index contributed by atoms with van der Waals surface area (Å²) in [5.41, 5.74) is 6.39. The van der Waals surface area contributed by atoms with Crippen LogP contribution in [0.2, 0.25) is 5.02 Å². The van der Waals surface area contributed by atoms with Gasteiger partial charge in [0.25, 0.3) is 5.91 Å². The lowest BCUT2D eigenvalue weighted by molar-refractivity contribution is 0.102.